The van der Waals surface area contributed by atoms with Crippen molar-refractivity contribution >= 4 is 5.97 Å². The zero-order chi connectivity index (χ0) is 13.2. The van der Waals surface area contributed by atoms with Gasteiger partial charge < -0.3 is 15.9 Å². The molecule has 1 aromatic carbocycles. The van der Waals surface area contributed by atoms with Crippen LogP contribution in [0.4, 0.5) is 0 Å². The molecule has 4 N–H and O–H groups in total. The summed E-state index contributed by atoms with van der Waals surface area (Å²) in [6, 6.07) is 2.62. The first-order valence-electron chi connectivity index (χ1n) is 5.66. The molecule has 0 unspecified atom stereocenters. The third-order valence-corrected chi connectivity index (χ3v) is 2.75. The number of rotatable bonds is 4. The van der Waals surface area contributed by atoms with Crippen molar-refractivity contribution < 1.29 is 15.0 Å². The first-order chi connectivity index (χ1) is 7.84. The second kappa shape index (κ2) is 5.19. The lowest BCUT2D eigenvalue weighted by atomic mass is 9.91. The zero-order valence-corrected chi connectivity index (χ0v) is 10.4. The molecular formula is C13H19NO3. The second-order valence-electron chi connectivity index (χ2n) is 4.73. The Morgan fingerprint density at radius 2 is 2.00 bits per heavy atom. The quantitative estimate of drug-likeness (QED) is 0.751. The Hall–Kier alpha value is -1.55. The van der Waals surface area contributed by atoms with Gasteiger partial charge in [0, 0.05) is 11.6 Å². The molecule has 0 aromatic heterocycles. The van der Waals surface area contributed by atoms with E-state index in [-0.39, 0.29) is 11.3 Å². The minimum atomic E-state index is -1.06. The summed E-state index contributed by atoms with van der Waals surface area (Å²) < 4.78 is 0. The van der Waals surface area contributed by atoms with Crippen molar-refractivity contribution in [1.29, 1.82) is 0 Å². The number of aromatic carboxylic acids is 1. The van der Waals surface area contributed by atoms with E-state index in [9.17, 15) is 9.90 Å². The van der Waals surface area contributed by atoms with E-state index in [0.29, 0.717) is 23.5 Å². The highest BCUT2D eigenvalue weighted by atomic mass is 16.4. The lowest BCUT2D eigenvalue weighted by molar-refractivity contribution is 0.0694. The van der Waals surface area contributed by atoms with E-state index in [1.807, 2.05) is 13.8 Å². The molecule has 0 aliphatic rings. The molecule has 0 bridgehead atoms. The molecule has 0 saturated carbocycles. The van der Waals surface area contributed by atoms with Gasteiger partial charge in [0.15, 0.2) is 0 Å². The van der Waals surface area contributed by atoms with Crippen LogP contribution >= 0.6 is 0 Å². The average molecular weight is 237 g/mol. The Morgan fingerprint density at radius 3 is 2.47 bits per heavy atom. The molecule has 1 atom stereocenters. The maximum absolute atomic E-state index is 11.1. The summed E-state index contributed by atoms with van der Waals surface area (Å²) >= 11 is 0. The van der Waals surface area contributed by atoms with Gasteiger partial charge in [0.25, 0.3) is 0 Å². The summed E-state index contributed by atoms with van der Waals surface area (Å²) in [7, 11) is 0. The summed E-state index contributed by atoms with van der Waals surface area (Å²) in [6.45, 7) is 5.74. The number of phenolic OH excluding ortho intramolecular Hbond substituents is 1. The van der Waals surface area contributed by atoms with Crippen molar-refractivity contribution in [3.63, 3.8) is 0 Å². The van der Waals surface area contributed by atoms with Crippen molar-refractivity contribution in [2.75, 3.05) is 0 Å². The molecule has 1 rings (SSSR count). The predicted octanol–water partition coefficient (Wildman–Crippen LogP) is 2.44. The number of aryl methyl sites for hydroxylation is 1. The smallest absolute Gasteiger partial charge is 0.336 e. The number of hydrogen-bond acceptors (Lipinski definition) is 3. The first-order valence-corrected chi connectivity index (χ1v) is 5.66. The summed E-state index contributed by atoms with van der Waals surface area (Å²) in [5.74, 6) is -0.723. The highest BCUT2D eigenvalue weighted by Crippen LogP contribution is 2.32. The number of carboxylic acid groups (broad SMARTS) is 1. The number of carbonyl (C=O) groups is 1. The molecule has 0 radical (unpaired) electrons. The molecule has 0 saturated heterocycles. The Balaban J connectivity index is 3.27. The van der Waals surface area contributed by atoms with Crippen molar-refractivity contribution in [3.05, 3.63) is 28.8 Å². The van der Waals surface area contributed by atoms with Crippen molar-refractivity contribution in [2.45, 2.75) is 33.2 Å². The van der Waals surface area contributed by atoms with E-state index >= 15 is 0 Å². The molecule has 94 valence electrons. The average Bonchev–Trinajstić information content (AvgIpc) is 2.20. The Morgan fingerprint density at radius 1 is 1.41 bits per heavy atom. The summed E-state index contributed by atoms with van der Waals surface area (Å²) in [5.41, 5.74) is 7.05. The van der Waals surface area contributed by atoms with Crippen LogP contribution in [0.25, 0.3) is 0 Å². The molecule has 0 heterocycles. The lowest BCUT2D eigenvalue weighted by Crippen LogP contribution is -2.17. The van der Waals surface area contributed by atoms with E-state index in [0.717, 1.165) is 0 Å². The standard InChI is InChI=1S/C13H19NO3/c1-7(2)6-10(14)11-9(13(16)17)5-4-8(3)12(11)15/h4-5,7,10,15H,6,14H2,1-3H3,(H,16,17)/t10-/m0/s1. The monoisotopic (exact) mass is 237 g/mol. The van der Waals surface area contributed by atoms with E-state index in [1.54, 1.807) is 13.0 Å². The number of benzene rings is 1. The predicted molar refractivity (Wildman–Crippen MR) is 66.2 cm³/mol. The molecule has 4 heteroatoms. The van der Waals surface area contributed by atoms with Gasteiger partial charge in [0.05, 0.1) is 5.56 Å². The number of aromatic hydroxyl groups is 1. The van der Waals surface area contributed by atoms with Crippen LogP contribution in [0.3, 0.4) is 0 Å². The van der Waals surface area contributed by atoms with Gasteiger partial charge in [-0.1, -0.05) is 19.9 Å². The fourth-order valence-corrected chi connectivity index (χ4v) is 1.90. The molecule has 0 amide bonds. The third-order valence-electron chi connectivity index (χ3n) is 2.75. The van der Waals surface area contributed by atoms with Crippen molar-refractivity contribution in [2.24, 2.45) is 11.7 Å². The molecule has 4 nitrogen and oxygen atoms in total. The lowest BCUT2D eigenvalue weighted by Gasteiger charge is -2.19. The fraction of sp³-hybridized carbons (Fsp3) is 0.462. The number of nitrogens with two attached hydrogens (primary N) is 1. The van der Waals surface area contributed by atoms with Gasteiger partial charge in [-0.25, -0.2) is 4.79 Å². The highest BCUT2D eigenvalue weighted by molar-refractivity contribution is 5.90. The van der Waals surface area contributed by atoms with E-state index in [1.165, 1.54) is 6.07 Å². The largest absolute Gasteiger partial charge is 0.507 e. The zero-order valence-electron chi connectivity index (χ0n) is 10.4. The molecule has 0 aliphatic heterocycles. The molecular weight excluding hydrogens is 218 g/mol. The van der Waals surface area contributed by atoms with Gasteiger partial charge in [-0.3, -0.25) is 0 Å². The van der Waals surface area contributed by atoms with Crippen LogP contribution in [0.1, 0.15) is 47.8 Å². The van der Waals surface area contributed by atoms with Gasteiger partial charge in [0.2, 0.25) is 0 Å². The van der Waals surface area contributed by atoms with Gasteiger partial charge in [-0.05, 0) is 30.9 Å². The van der Waals surface area contributed by atoms with E-state index in [2.05, 4.69) is 0 Å². The van der Waals surface area contributed by atoms with E-state index in [4.69, 9.17) is 10.8 Å². The SMILES string of the molecule is Cc1ccc(C(=O)O)c([C@@H](N)CC(C)C)c1O. The number of hydrogen-bond donors (Lipinski definition) is 3. The highest BCUT2D eigenvalue weighted by Gasteiger charge is 2.21. The molecule has 0 spiro atoms. The van der Waals surface area contributed by atoms with Gasteiger partial charge >= 0.3 is 5.97 Å². The number of phenols is 1. The Bertz CT molecular complexity index is 427. The van der Waals surface area contributed by atoms with Crippen molar-refractivity contribution in [1.82, 2.24) is 0 Å². The molecule has 0 aliphatic carbocycles. The van der Waals surface area contributed by atoms with Crippen LogP contribution in [0.5, 0.6) is 5.75 Å². The summed E-state index contributed by atoms with van der Waals surface area (Å²) in [5, 5.41) is 19.1. The van der Waals surface area contributed by atoms with Crippen LogP contribution < -0.4 is 5.73 Å². The minimum absolute atomic E-state index is 0.00181. The van der Waals surface area contributed by atoms with E-state index < -0.39 is 12.0 Å². The first kappa shape index (κ1) is 13.5. The Kier molecular flexibility index (Phi) is 4.12. The molecule has 0 fully saturated rings. The maximum Gasteiger partial charge on any atom is 0.336 e. The number of carboxylic acids is 1. The van der Waals surface area contributed by atoms with Gasteiger partial charge in [-0.2, -0.15) is 0 Å². The normalized spacial score (nSPS) is 12.8. The van der Waals surface area contributed by atoms with Crippen LogP contribution in [0.15, 0.2) is 12.1 Å². The maximum atomic E-state index is 11.1. The van der Waals surface area contributed by atoms with Crippen LogP contribution in [0.2, 0.25) is 0 Å². The third kappa shape index (κ3) is 2.97. The van der Waals surface area contributed by atoms with Crippen molar-refractivity contribution in [3.8, 4) is 5.75 Å². The topological polar surface area (TPSA) is 83.5 Å². The molecule has 17 heavy (non-hydrogen) atoms. The molecule has 1 aromatic rings. The Labute approximate surface area is 101 Å². The van der Waals surface area contributed by atoms with Gasteiger partial charge in [-0.15, -0.1) is 0 Å². The second-order valence-corrected chi connectivity index (χ2v) is 4.73. The fourth-order valence-electron chi connectivity index (χ4n) is 1.90. The summed E-state index contributed by atoms with van der Waals surface area (Å²) in [6.07, 6.45) is 0.636. The van der Waals surface area contributed by atoms with Crippen LogP contribution in [-0.4, -0.2) is 16.2 Å². The van der Waals surface area contributed by atoms with Crippen LogP contribution in [-0.2, 0) is 0 Å². The van der Waals surface area contributed by atoms with Gasteiger partial charge in [0.1, 0.15) is 5.75 Å². The summed E-state index contributed by atoms with van der Waals surface area (Å²) in [4.78, 5) is 11.1. The minimum Gasteiger partial charge on any atom is -0.507 e. The van der Waals surface area contributed by atoms with Crippen LogP contribution in [0, 0.1) is 12.8 Å².